The van der Waals surface area contributed by atoms with Gasteiger partial charge in [-0.15, -0.1) is 0 Å². The van der Waals surface area contributed by atoms with Crippen molar-refractivity contribution < 1.29 is 14.3 Å². The monoisotopic (exact) mass is 276 g/mol. The van der Waals surface area contributed by atoms with Crippen molar-refractivity contribution in [1.29, 1.82) is 0 Å². The lowest BCUT2D eigenvalue weighted by atomic mass is 10.2. The molecule has 5 nitrogen and oxygen atoms in total. The predicted molar refractivity (Wildman–Crippen MR) is 76.7 cm³/mol. The zero-order valence-electron chi connectivity index (χ0n) is 11.6. The van der Waals surface area contributed by atoms with Crippen LogP contribution < -0.4 is 10.6 Å². The second-order valence-electron chi connectivity index (χ2n) is 4.82. The Bertz CT molecular complexity index is 465. The van der Waals surface area contributed by atoms with Crippen molar-refractivity contribution in [3.63, 3.8) is 0 Å². The van der Waals surface area contributed by atoms with Crippen molar-refractivity contribution in [2.75, 3.05) is 18.5 Å². The molecule has 0 saturated carbocycles. The van der Waals surface area contributed by atoms with E-state index >= 15 is 0 Å². The minimum atomic E-state index is -0.117. The number of amides is 2. The molecule has 0 spiro atoms. The van der Waals surface area contributed by atoms with E-state index in [2.05, 4.69) is 10.6 Å². The van der Waals surface area contributed by atoms with Crippen molar-refractivity contribution in [3.8, 4) is 0 Å². The molecule has 108 valence electrons. The Balaban J connectivity index is 1.85. The highest BCUT2D eigenvalue weighted by molar-refractivity contribution is 5.95. The molecule has 0 bridgehead atoms. The SMILES string of the molecule is CCC(=O)Nc1ccc(C(=O)NC[C@@H]2CCCO2)cc1. The van der Waals surface area contributed by atoms with Crippen molar-refractivity contribution in [2.24, 2.45) is 0 Å². The van der Waals surface area contributed by atoms with Gasteiger partial charge in [-0.1, -0.05) is 6.92 Å². The number of rotatable bonds is 5. The molecule has 2 rings (SSSR count). The van der Waals surface area contributed by atoms with Crippen LogP contribution in [0.2, 0.25) is 0 Å². The van der Waals surface area contributed by atoms with Crippen LogP contribution in [0.3, 0.4) is 0 Å². The lowest BCUT2D eigenvalue weighted by Gasteiger charge is -2.11. The van der Waals surface area contributed by atoms with Crippen molar-refractivity contribution in [3.05, 3.63) is 29.8 Å². The van der Waals surface area contributed by atoms with E-state index in [4.69, 9.17) is 4.74 Å². The number of anilines is 1. The van der Waals surface area contributed by atoms with Crippen LogP contribution in [0, 0.1) is 0 Å². The van der Waals surface area contributed by atoms with Gasteiger partial charge in [-0.2, -0.15) is 0 Å². The molecule has 1 atom stereocenters. The maximum atomic E-state index is 11.9. The maximum Gasteiger partial charge on any atom is 0.251 e. The van der Waals surface area contributed by atoms with Crippen LogP contribution in [0.15, 0.2) is 24.3 Å². The Kier molecular flexibility index (Phi) is 5.12. The van der Waals surface area contributed by atoms with E-state index in [1.54, 1.807) is 31.2 Å². The fourth-order valence-electron chi connectivity index (χ4n) is 2.07. The fourth-order valence-corrected chi connectivity index (χ4v) is 2.07. The van der Waals surface area contributed by atoms with E-state index in [9.17, 15) is 9.59 Å². The lowest BCUT2D eigenvalue weighted by molar-refractivity contribution is -0.115. The summed E-state index contributed by atoms with van der Waals surface area (Å²) < 4.78 is 5.45. The van der Waals surface area contributed by atoms with Gasteiger partial charge in [0.1, 0.15) is 0 Å². The van der Waals surface area contributed by atoms with E-state index in [-0.39, 0.29) is 17.9 Å². The minimum absolute atomic E-state index is 0.0411. The van der Waals surface area contributed by atoms with Crippen LogP contribution in [0.4, 0.5) is 5.69 Å². The van der Waals surface area contributed by atoms with Gasteiger partial charge in [-0.25, -0.2) is 0 Å². The molecule has 1 fully saturated rings. The van der Waals surface area contributed by atoms with Gasteiger partial charge in [0.05, 0.1) is 6.10 Å². The summed E-state index contributed by atoms with van der Waals surface area (Å²) in [6, 6.07) is 6.87. The van der Waals surface area contributed by atoms with Gasteiger partial charge in [-0.3, -0.25) is 9.59 Å². The fraction of sp³-hybridized carbons (Fsp3) is 0.467. The first-order valence-electron chi connectivity index (χ1n) is 6.98. The zero-order chi connectivity index (χ0) is 14.4. The number of hydrogen-bond donors (Lipinski definition) is 2. The molecule has 1 heterocycles. The quantitative estimate of drug-likeness (QED) is 0.863. The largest absolute Gasteiger partial charge is 0.376 e. The third-order valence-corrected chi connectivity index (χ3v) is 3.27. The first-order chi connectivity index (χ1) is 9.69. The highest BCUT2D eigenvalue weighted by Gasteiger charge is 2.16. The number of carbonyl (C=O) groups is 2. The maximum absolute atomic E-state index is 11.9. The molecule has 1 saturated heterocycles. The van der Waals surface area contributed by atoms with Crippen molar-refractivity contribution >= 4 is 17.5 Å². The molecule has 5 heteroatoms. The van der Waals surface area contributed by atoms with Gasteiger partial charge in [0, 0.05) is 30.8 Å². The molecular weight excluding hydrogens is 256 g/mol. The van der Waals surface area contributed by atoms with Crippen LogP contribution in [0.25, 0.3) is 0 Å². The smallest absolute Gasteiger partial charge is 0.251 e. The normalized spacial score (nSPS) is 17.8. The van der Waals surface area contributed by atoms with Gasteiger partial charge >= 0.3 is 0 Å². The van der Waals surface area contributed by atoms with E-state index in [0.717, 1.165) is 19.4 Å². The first kappa shape index (κ1) is 14.5. The lowest BCUT2D eigenvalue weighted by Crippen LogP contribution is -2.31. The van der Waals surface area contributed by atoms with E-state index in [1.165, 1.54) is 0 Å². The Morgan fingerprint density at radius 3 is 2.65 bits per heavy atom. The molecule has 0 radical (unpaired) electrons. The highest BCUT2D eigenvalue weighted by atomic mass is 16.5. The Morgan fingerprint density at radius 2 is 2.05 bits per heavy atom. The average molecular weight is 276 g/mol. The Hall–Kier alpha value is -1.88. The number of hydrogen-bond acceptors (Lipinski definition) is 3. The highest BCUT2D eigenvalue weighted by Crippen LogP contribution is 2.12. The molecular formula is C15H20N2O3. The second-order valence-corrected chi connectivity index (χ2v) is 4.82. The number of benzene rings is 1. The molecule has 1 aromatic rings. The molecule has 20 heavy (non-hydrogen) atoms. The van der Waals surface area contributed by atoms with Crippen LogP contribution in [-0.2, 0) is 9.53 Å². The summed E-state index contributed by atoms with van der Waals surface area (Å²) in [6.45, 7) is 3.13. The zero-order valence-corrected chi connectivity index (χ0v) is 11.6. The molecule has 1 aliphatic heterocycles. The topological polar surface area (TPSA) is 67.4 Å². The Labute approximate surface area is 118 Å². The third kappa shape index (κ3) is 4.06. The van der Waals surface area contributed by atoms with Gasteiger partial charge in [-0.05, 0) is 37.1 Å². The summed E-state index contributed by atoms with van der Waals surface area (Å²) in [7, 11) is 0. The van der Waals surface area contributed by atoms with Crippen molar-refractivity contribution in [2.45, 2.75) is 32.3 Å². The average Bonchev–Trinajstić information content (AvgIpc) is 2.98. The first-order valence-corrected chi connectivity index (χ1v) is 6.98. The molecule has 0 aromatic heterocycles. The molecule has 1 aromatic carbocycles. The predicted octanol–water partition coefficient (Wildman–Crippen LogP) is 1.94. The number of ether oxygens (including phenoxy) is 1. The summed E-state index contributed by atoms with van der Waals surface area (Å²) in [4.78, 5) is 23.2. The Morgan fingerprint density at radius 1 is 1.30 bits per heavy atom. The van der Waals surface area contributed by atoms with E-state index < -0.39 is 0 Å². The van der Waals surface area contributed by atoms with E-state index in [0.29, 0.717) is 24.2 Å². The summed E-state index contributed by atoms with van der Waals surface area (Å²) >= 11 is 0. The number of nitrogens with one attached hydrogen (secondary N) is 2. The van der Waals surface area contributed by atoms with Gasteiger partial charge in [0.15, 0.2) is 0 Å². The van der Waals surface area contributed by atoms with Gasteiger partial charge in [0.2, 0.25) is 5.91 Å². The second kappa shape index (κ2) is 7.05. The van der Waals surface area contributed by atoms with Crippen molar-refractivity contribution in [1.82, 2.24) is 5.32 Å². The van der Waals surface area contributed by atoms with E-state index in [1.807, 2.05) is 0 Å². The van der Waals surface area contributed by atoms with Gasteiger partial charge in [0.25, 0.3) is 5.91 Å². The molecule has 0 aliphatic carbocycles. The third-order valence-electron chi connectivity index (χ3n) is 3.27. The van der Waals surface area contributed by atoms with Crippen LogP contribution >= 0.6 is 0 Å². The summed E-state index contributed by atoms with van der Waals surface area (Å²) in [5.74, 6) is -0.158. The summed E-state index contributed by atoms with van der Waals surface area (Å²) in [6.07, 6.45) is 2.64. The molecule has 2 amide bonds. The van der Waals surface area contributed by atoms with Crippen LogP contribution in [0.1, 0.15) is 36.5 Å². The van der Waals surface area contributed by atoms with Crippen LogP contribution in [-0.4, -0.2) is 31.1 Å². The number of carbonyl (C=O) groups excluding carboxylic acids is 2. The minimum Gasteiger partial charge on any atom is -0.376 e. The van der Waals surface area contributed by atoms with Crippen LogP contribution in [0.5, 0.6) is 0 Å². The van der Waals surface area contributed by atoms with Gasteiger partial charge < -0.3 is 15.4 Å². The molecule has 2 N–H and O–H groups in total. The molecule has 1 aliphatic rings. The summed E-state index contributed by atoms with van der Waals surface area (Å²) in [5, 5.41) is 5.60. The molecule has 0 unspecified atom stereocenters. The standard InChI is InChI=1S/C15H20N2O3/c1-2-14(18)17-12-7-5-11(6-8-12)15(19)16-10-13-4-3-9-20-13/h5-8,13H,2-4,9-10H2,1H3,(H,16,19)(H,17,18)/t13-/m0/s1. The summed E-state index contributed by atoms with van der Waals surface area (Å²) in [5.41, 5.74) is 1.28.